The summed E-state index contributed by atoms with van der Waals surface area (Å²) in [4.78, 5) is 4.65. The van der Waals surface area contributed by atoms with Crippen LogP contribution in [0.1, 0.15) is 36.1 Å². The largest absolute Gasteiger partial charge is 0.497 e. The number of hydrogen-bond donors (Lipinski definition) is 3. The van der Waals surface area contributed by atoms with Gasteiger partial charge in [0.2, 0.25) is 0 Å². The molecule has 0 heterocycles. The Morgan fingerprint density at radius 2 is 1.93 bits per heavy atom. The third kappa shape index (κ3) is 8.54. The molecule has 0 radical (unpaired) electrons. The molecular formula is C23H33N3O3. The molecule has 2 aromatic carbocycles. The number of nitrogens with zero attached hydrogens (tertiary/aromatic N) is 1. The van der Waals surface area contributed by atoms with Crippen LogP contribution in [0.15, 0.2) is 53.5 Å². The summed E-state index contributed by atoms with van der Waals surface area (Å²) in [5.74, 6) is 1.50. The van der Waals surface area contributed by atoms with Gasteiger partial charge in [-0.3, -0.25) is 0 Å². The molecule has 29 heavy (non-hydrogen) atoms. The zero-order chi connectivity index (χ0) is 20.9. The number of nitrogens with one attached hydrogen (secondary N) is 2. The van der Waals surface area contributed by atoms with Gasteiger partial charge in [-0.25, -0.2) is 4.99 Å². The van der Waals surface area contributed by atoms with E-state index < -0.39 is 6.10 Å². The molecule has 0 amide bonds. The van der Waals surface area contributed by atoms with Crippen molar-refractivity contribution in [3.8, 4) is 5.75 Å². The van der Waals surface area contributed by atoms with Crippen molar-refractivity contribution in [2.45, 2.75) is 32.9 Å². The van der Waals surface area contributed by atoms with E-state index >= 15 is 0 Å². The lowest BCUT2D eigenvalue weighted by Crippen LogP contribution is -2.40. The second kappa shape index (κ2) is 12.8. The number of aliphatic hydroxyl groups excluding tert-OH is 1. The topological polar surface area (TPSA) is 75.1 Å². The van der Waals surface area contributed by atoms with Crippen LogP contribution in [-0.4, -0.2) is 44.5 Å². The van der Waals surface area contributed by atoms with Gasteiger partial charge in [-0.15, -0.1) is 0 Å². The molecule has 0 aromatic heterocycles. The maximum absolute atomic E-state index is 10.5. The van der Waals surface area contributed by atoms with Crippen molar-refractivity contribution >= 4 is 5.96 Å². The maximum Gasteiger partial charge on any atom is 0.191 e. The molecule has 0 bridgehead atoms. The summed E-state index contributed by atoms with van der Waals surface area (Å²) >= 11 is 0. The molecule has 6 heteroatoms. The van der Waals surface area contributed by atoms with Crippen LogP contribution in [0.4, 0.5) is 0 Å². The van der Waals surface area contributed by atoms with Crippen LogP contribution >= 0.6 is 0 Å². The molecule has 0 aliphatic rings. The normalized spacial score (nSPS) is 12.5. The van der Waals surface area contributed by atoms with Crippen molar-refractivity contribution in [1.29, 1.82) is 0 Å². The monoisotopic (exact) mass is 399 g/mol. The quantitative estimate of drug-likeness (QED) is 0.307. The molecule has 0 spiro atoms. The number of ether oxygens (including phenoxy) is 2. The molecule has 2 aromatic rings. The molecule has 0 saturated heterocycles. The summed E-state index contributed by atoms with van der Waals surface area (Å²) < 4.78 is 10.6. The lowest BCUT2D eigenvalue weighted by molar-refractivity contribution is 0.145. The molecule has 0 aliphatic heterocycles. The first-order valence-electron chi connectivity index (χ1n) is 10.1. The maximum atomic E-state index is 10.5. The first-order chi connectivity index (χ1) is 14.1. The molecule has 0 fully saturated rings. The highest BCUT2D eigenvalue weighted by Crippen LogP contribution is 2.14. The summed E-state index contributed by atoms with van der Waals surface area (Å²) in [6, 6.07) is 15.8. The van der Waals surface area contributed by atoms with E-state index in [2.05, 4.69) is 15.6 Å². The van der Waals surface area contributed by atoms with Gasteiger partial charge in [0.25, 0.3) is 0 Å². The summed E-state index contributed by atoms with van der Waals surface area (Å²) in [6.07, 6.45) is 0.281. The summed E-state index contributed by atoms with van der Waals surface area (Å²) in [5, 5.41) is 17.1. The highest BCUT2D eigenvalue weighted by atomic mass is 16.5. The second-order valence-corrected chi connectivity index (χ2v) is 6.80. The van der Waals surface area contributed by atoms with Crippen LogP contribution in [0, 0.1) is 6.92 Å². The highest BCUT2D eigenvalue weighted by Gasteiger charge is 2.09. The van der Waals surface area contributed by atoms with E-state index in [1.807, 2.05) is 62.4 Å². The van der Waals surface area contributed by atoms with Gasteiger partial charge in [0.15, 0.2) is 5.96 Å². The number of rotatable bonds is 11. The molecule has 0 saturated carbocycles. The van der Waals surface area contributed by atoms with Crippen molar-refractivity contribution in [2.75, 3.05) is 33.4 Å². The Morgan fingerprint density at radius 3 is 2.62 bits per heavy atom. The van der Waals surface area contributed by atoms with E-state index in [-0.39, 0.29) is 0 Å². The van der Waals surface area contributed by atoms with Gasteiger partial charge in [-0.1, -0.05) is 42.0 Å². The van der Waals surface area contributed by atoms with Gasteiger partial charge >= 0.3 is 0 Å². The van der Waals surface area contributed by atoms with Crippen molar-refractivity contribution < 1.29 is 14.6 Å². The van der Waals surface area contributed by atoms with Crippen LogP contribution in [0.2, 0.25) is 0 Å². The van der Waals surface area contributed by atoms with Gasteiger partial charge in [-0.2, -0.15) is 0 Å². The second-order valence-electron chi connectivity index (χ2n) is 6.80. The Morgan fingerprint density at radius 1 is 1.14 bits per heavy atom. The van der Waals surface area contributed by atoms with Gasteiger partial charge in [0.05, 0.1) is 19.8 Å². The first-order valence-corrected chi connectivity index (χ1v) is 10.1. The van der Waals surface area contributed by atoms with Crippen molar-refractivity contribution in [3.63, 3.8) is 0 Å². The molecule has 2 rings (SSSR count). The van der Waals surface area contributed by atoms with Crippen LogP contribution in [0.25, 0.3) is 0 Å². The Labute approximate surface area is 174 Å². The molecule has 6 nitrogen and oxygen atoms in total. The minimum Gasteiger partial charge on any atom is -0.497 e. The van der Waals surface area contributed by atoms with Crippen molar-refractivity contribution in [3.05, 3.63) is 65.2 Å². The third-order valence-corrected chi connectivity index (χ3v) is 4.43. The van der Waals surface area contributed by atoms with Gasteiger partial charge in [-0.05, 0) is 43.5 Å². The van der Waals surface area contributed by atoms with Crippen molar-refractivity contribution in [2.24, 2.45) is 4.99 Å². The zero-order valence-corrected chi connectivity index (χ0v) is 17.6. The van der Waals surface area contributed by atoms with Crippen LogP contribution in [0.3, 0.4) is 0 Å². The summed E-state index contributed by atoms with van der Waals surface area (Å²) in [5.41, 5.74) is 3.10. The Balaban J connectivity index is 1.95. The molecule has 3 N–H and O–H groups in total. The average Bonchev–Trinajstić information content (AvgIpc) is 2.75. The van der Waals surface area contributed by atoms with E-state index in [9.17, 15) is 5.11 Å². The smallest absolute Gasteiger partial charge is 0.191 e. The first kappa shape index (κ1) is 22.7. The van der Waals surface area contributed by atoms with E-state index in [4.69, 9.17) is 9.47 Å². The molecule has 1 unspecified atom stereocenters. The fourth-order valence-electron chi connectivity index (χ4n) is 2.79. The minimum absolute atomic E-state index is 0.378. The van der Waals surface area contributed by atoms with Gasteiger partial charge in [0.1, 0.15) is 5.75 Å². The lowest BCUT2D eigenvalue weighted by Gasteiger charge is -2.16. The van der Waals surface area contributed by atoms with E-state index in [1.165, 1.54) is 0 Å². The van der Waals surface area contributed by atoms with Gasteiger partial charge < -0.3 is 25.2 Å². The van der Waals surface area contributed by atoms with Gasteiger partial charge in [0, 0.05) is 26.3 Å². The number of aryl methyl sites for hydroxylation is 1. The van der Waals surface area contributed by atoms with Crippen molar-refractivity contribution in [1.82, 2.24) is 10.6 Å². The Kier molecular flexibility index (Phi) is 10.0. The highest BCUT2D eigenvalue weighted by molar-refractivity contribution is 5.79. The summed E-state index contributed by atoms with van der Waals surface area (Å²) in [7, 11) is 1.65. The summed E-state index contributed by atoms with van der Waals surface area (Å²) in [6.45, 7) is 7.10. The average molecular weight is 400 g/mol. The minimum atomic E-state index is -0.605. The Bertz CT molecular complexity index is 747. The third-order valence-electron chi connectivity index (χ3n) is 4.43. The standard InChI is InChI=1S/C23H33N3O3/c1-4-29-14-6-13-24-23(25-16-19-9-11-21(28-3)12-10-19)26-17-22(27)20-8-5-7-18(2)15-20/h5,7-12,15,22,27H,4,6,13-14,16-17H2,1-3H3,(H2,24,25,26). The molecule has 158 valence electrons. The van der Waals surface area contributed by atoms with E-state index in [0.717, 1.165) is 42.0 Å². The number of aliphatic imine (C=N–C) groups is 1. The molecule has 0 aliphatic carbocycles. The number of aliphatic hydroxyl groups is 1. The number of methoxy groups -OCH3 is 1. The Hall–Kier alpha value is -2.57. The lowest BCUT2D eigenvalue weighted by atomic mass is 10.1. The predicted molar refractivity (Wildman–Crippen MR) is 117 cm³/mol. The fraction of sp³-hybridized carbons (Fsp3) is 0.435. The molecule has 1 atom stereocenters. The van der Waals surface area contributed by atoms with E-state index in [0.29, 0.717) is 25.7 Å². The number of hydrogen-bond acceptors (Lipinski definition) is 4. The molecular weight excluding hydrogens is 366 g/mol. The van der Waals surface area contributed by atoms with Crippen LogP contribution in [0.5, 0.6) is 5.75 Å². The zero-order valence-electron chi connectivity index (χ0n) is 17.6. The SMILES string of the molecule is CCOCCCNC(=NCc1ccc(OC)cc1)NCC(O)c1cccc(C)c1. The number of benzene rings is 2. The van der Waals surface area contributed by atoms with E-state index in [1.54, 1.807) is 7.11 Å². The fourth-order valence-corrected chi connectivity index (χ4v) is 2.79. The van der Waals surface area contributed by atoms with Crippen LogP contribution < -0.4 is 15.4 Å². The number of guanidine groups is 1. The predicted octanol–water partition coefficient (Wildman–Crippen LogP) is 3.20. The van der Waals surface area contributed by atoms with Crippen LogP contribution in [-0.2, 0) is 11.3 Å².